The number of phenols is 1. The first-order valence-corrected chi connectivity index (χ1v) is 9.16. The van der Waals surface area contributed by atoms with E-state index in [0.29, 0.717) is 27.8 Å². The summed E-state index contributed by atoms with van der Waals surface area (Å²) in [6.45, 7) is 1.70. The Hall–Kier alpha value is -3.91. The van der Waals surface area contributed by atoms with E-state index in [2.05, 4.69) is 5.10 Å². The number of aromatic hydroxyl groups is 1. The maximum atomic E-state index is 12.8. The SMILES string of the molecule is CC1=NN(c2cccc(Cl)c2)C(=O)/C1=C\c1ccc(-c2cc([N+](=O)[O-])ccc2O)o1. The van der Waals surface area contributed by atoms with Gasteiger partial charge >= 0.3 is 0 Å². The normalized spacial score (nSPS) is 15.0. The van der Waals surface area contributed by atoms with Gasteiger partial charge in [-0.25, -0.2) is 0 Å². The lowest BCUT2D eigenvalue weighted by Gasteiger charge is -2.11. The van der Waals surface area contributed by atoms with Crippen LogP contribution in [0.3, 0.4) is 0 Å². The summed E-state index contributed by atoms with van der Waals surface area (Å²) in [5, 5.41) is 27.1. The molecule has 0 aliphatic carbocycles. The monoisotopic (exact) mass is 423 g/mol. The van der Waals surface area contributed by atoms with Gasteiger partial charge in [0.05, 0.1) is 27.5 Å². The average Bonchev–Trinajstić information content (AvgIpc) is 3.28. The van der Waals surface area contributed by atoms with E-state index in [1.165, 1.54) is 29.3 Å². The molecule has 8 nitrogen and oxygen atoms in total. The molecule has 0 bridgehead atoms. The summed E-state index contributed by atoms with van der Waals surface area (Å²) in [5.74, 6) is 0.0680. The molecule has 0 saturated carbocycles. The van der Waals surface area contributed by atoms with Crippen LogP contribution in [0, 0.1) is 10.1 Å². The maximum absolute atomic E-state index is 12.8. The minimum absolute atomic E-state index is 0.157. The second kappa shape index (κ2) is 7.49. The number of amides is 1. The van der Waals surface area contributed by atoms with Gasteiger partial charge in [-0.3, -0.25) is 14.9 Å². The number of nitro groups is 1. The molecule has 0 fully saturated rings. The Labute approximate surface area is 175 Å². The van der Waals surface area contributed by atoms with Gasteiger partial charge in [-0.1, -0.05) is 17.7 Å². The number of anilines is 1. The van der Waals surface area contributed by atoms with E-state index in [9.17, 15) is 20.0 Å². The fourth-order valence-electron chi connectivity index (χ4n) is 3.02. The number of hydrogen-bond donors (Lipinski definition) is 1. The lowest BCUT2D eigenvalue weighted by Crippen LogP contribution is -2.21. The van der Waals surface area contributed by atoms with Gasteiger partial charge in [0.25, 0.3) is 11.6 Å². The van der Waals surface area contributed by atoms with Crippen molar-refractivity contribution in [1.82, 2.24) is 0 Å². The number of phenolic OH excluding ortho intramolecular Hbond substituents is 1. The molecule has 3 aromatic rings. The second-order valence-corrected chi connectivity index (χ2v) is 6.94. The Morgan fingerprint density at radius 1 is 1.20 bits per heavy atom. The van der Waals surface area contributed by atoms with E-state index in [1.54, 1.807) is 43.3 Å². The van der Waals surface area contributed by atoms with Crippen molar-refractivity contribution in [1.29, 1.82) is 0 Å². The second-order valence-electron chi connectivity index (χ2n) is 6.50. The fourth-order valence-corrected chi connectivity index (χ4v) is 3.20. The highest BCUT2D eigenvalue weighted by molar-refractivity contribution is 6.33. The number of hydrazone groups is 1. The number of rotatable bonds is 4. The Bertz CT molecular complexity index is 1240. The van der Waals surface area contributed by atoms with Crippen LogP contribution < -0.4 is 5.01 Å². The van der Waals surface area contributed by atoms with Crippen LogP contribution >= 0.6 is 11.6 Å². The van der Waals surface area contributed by atoms with Crippen LogP contribution in [-0.2, 0) is 4.79 Å². The Morgan fingerprint density at radius 3 is 2.73 bits per heavy atom. The van der Waals surface area contributed by atoms with Crippen molar-refractivity contribution in [3.8, 4) is 17.1 Å². The molecule has 1 aliphatic rings. The molecule has 2 heterocycles. The van der Waals surface area contributed by atoms with Crippen molar-refractivity contribution < 1.29 is 19.2 Å². The van der Waals surface area contributed by atoms with Gasteiger partial charge in [-0.05, 0) is 49.4 Å². The molecule has 1 amide bonds. The Balaban J connectivity index is 1.65. The minimum atomic E-state index is -0.559. The number of hydrogen-bond acceptors (Lipinski definition) is 6. The van der Waals surface area contributed by atoms with Crippen LogP contribution in [0.4, 0.5) is 11.4 Å². The van der Waals surface area contributed by atoms with Gasteiger partial charge in [-0.2, -0.15) is 10.1 Å². The highest BCUT2D eigenvalue weighted by atomic mass is 35.5. The minimum Gasteiger partial charge on any atom is -0.507 e. The van der Waals surface area contributed by atoms with Gasteiger partial charge in [0.1, 0.15) is 17.3 Å². The maximum Gasteiger partial charge on any atom is 0.280 e. The third kappa shape index (κ3) is 3.56. The van der Waals surface area contributed by atoms with Crippen molar-refractivity contribution in [3.05, 3.63) is 81.1 Å². The smallest absolute Gasteiger partial charge is 0.280 e. The van der Waals surface area contributed by atoms with Crippen molar-refractivity contribution in [2.24, 2.45) is 5.10 Å². The van der Waals surface area contributed by atoms with E-state index in [-0.39, 0.29) is 28.7 Å². The highest BCUT2D eigenvalue weighted by Gasteiger charge is 2.29. The number of carbonyl (C=O) groups is 1. The summed E-state index contributed by atoms with van der Waals surface area (Å²) < 4.78 is 5.70. The molecule has 0 unspecified atom stereocenters. The Morgan fingerprint density at radius 2 is 2.00 bits per heavy atom. The summed E-state index contributed by atoms with van der Waals surface area (Å²) in [6, 6.07) is 13.6. The number of non-ortho nitro benzene ring substituents is 1. The van der Waals surface area contributed by atoms with Crippen molar-refractivity contribution >= 4 is 40.7 Å². The van der Waals surface area contributed by atoms with E-state index < -0.39 is 4.92 Å². The first-order chi connectivity index (χ1) is 14.3. The Kier molecular flexibility index (Phi) is 4.85. The number of nitro benzene ring substituents is 1. The van der Waals surface area contributed by atoms with Crippen LogP contribution in [0.2, 0.25) is 5.02 Å². The number of furan rings is 1. The molecule has 0 atom stereocenters. The highest BCUT2D eigenvalue weighted by Crippen LogP contribution is 2.34. The average molecular weight is 424 g/mol. The molecule has 0 radical (unpaired) electrons. The first-order valence-electron chi connectivity index (χ1n) is 8.78. The molecule has 2 aromatic carbocycles. The van der Waals surface area contributed by atoms with Crippen molar-refractivity contribution in [2.75, 3.05) is 5.01 Å². The van der Waals surface area contributed by atoms with Crippen LogP contribution in [-0.4, -0.2) is 21.6 Å². The van der Waals surface area contributed by atoms with Gasteiger partial charge in [0.15, 0.2) is 0 Å². The number of nitrogens with zero attached hydrogens (tertiary/aromatic N) is 3. The van der Waals surface area contributed by atoms with Crippen LogP contribution in [0.1, 0.15) is 12.7 Å². The predicted octanol–water partition coefficient (Wildman–Crippen LogP) is 5.02. The standard InChI is InChI=1S/C21H14ClN3O5/c1-12-17(21(27)24(23-12)14-4-2-3-13(22)9-14)11-16-6-8-20(30-16)18-10-15(25(28)29)5-7-19(18)26/h2-11,26H,1H3/b17-11-. The molecule has 9 heteroatoms. The summed E-state index contributed by atoms with van der Waals surface area (Å²) >= 11 is 6.00. The molecule has 30 heavy (non-hydrogen) atoms. The largest absolute Gasteiger partial charge is 0.507 e. The number of carbonyl (C=O) groups excluding carboxylic acids is 1. The van der Waals surface area contributed by atoms with Gasteiger partial charge in [-0.15, -0.1) is 0 Å². The summed E-state index contributed by atoms with van der Waals surface area (Å²) in [4.78, 5) is 23.3. The van der Waals surface area contributed by atoms with Gasteiger partial charge in [0.2, 0.25) is 0 Å². The predicted molar refractivity (Wildman–Crippen MR) is 112 cm³/mol. The molecule has 150 valence electrons. The summed E-state index contributed by atoms with van der Waals surface area (Å²) in [6.07, 6.45) is 1.53. The molecule has 4 rings (SSSR count). The molecular formula is C21H14ClN3O5. The molecule has 0 saturated heterocycles. The van der Waals surface area contributed by atoms with E-state index in [1.807, 2.05) is 0 Å². The first kappa shape index (κ1) is 19.4. The van der Waals surface area contributed by atoms with E-state index in [4.69, 9.17) is 16.0 Å². The molecule has 1 aliphatic heterocycles. The van der Waals surface area contributed by atoms with E-state index in [0.717, 1.165) is 0 Å². The van der Waals surface area contributed by atoms with Crippen molar-refractivity contribution in [3.63, 3.8) is 0 Å². The van der Waals surface area contributed by atoms with E-state index >= 15 is 0 Å². The lowest BCUT2D eigenvalue weighted by atomic mass is 10.1. The zero-order chi connectivity index (χ0) is 21.4. The van der Waals surface area contributed by atoms with Crippen LogP contribution in [0.5, 0.6) is 5.75 Å². The van der Waals surface area contributed by atoms with Crippen molar-refractivity contribution in [2.45, 2.75) is 6.92 Å². The summed E-state index contributed by atoms with van der Waals surface area (Å²) in [5.41, 5.74) is 1.37. The number of halogens is 1. The van der Waals surface area contributed by atoms with Crippen LogP contribution in [0.25, 0.3) is 17.4 Å². The summed E-state index contributed by atoms with van der Waals surface area (Å²) in [7, 11) is 0. The quantitative estimate of drug-likeness (QED) is 0.360. The van der Waals surface area contributed by atoms with Gasteiger partial charge in [0, 0.05) is 17.2 Å². The topological polar surface area (TPSA) is 109 Å². The lowest BCUT2D eigenvalue weighted by molar-refractivity contribution is -0.384. The molecule has 0 spiro atoms. The molecule has 1 N–H and O–H groups in total. The third-order valence-corrected chi connectivity index (χ3v) is 4.72. The zero-order valence-electron chi connectivity index (χ0n) is 15.6. The molecule has 1 aromatic heterocycles. The van der Waals surface area contributed by atoms with Crippen LogP contribution in [0.15, 0.2) is 69.7 Å². The number of benzene rings is 2. The fraction of sp³-hybridized carbons (Fsp3) is 0.0476. The zero-order valence-corrected chi connectivity index (χ0v) is 16.3. The third-order valence-electron chi connectivity index (χ3n) is 4.49. The molecular weight excluding hydrogens is 410 g/mol. The van der Waals surface area contributed by atoms with Gasteiger partial charge < -0.3 is 9.52 Å².